The predicted octanol–water partition coefficient (Wildman–Crippen LogP) is 2.52. The van der Waals surface area contributed by atoms with E-state index >= 15 is 0 Å². The lowest BCUT2D eigenvalue weighted by Crippen LogP contribution is -2.04. The summed E-state index contributed by atoms with van der Waals surface area (Å²) >= 11 is 0. The van der Waals surface area contributed by atoms with E-state index in [1.54, 1.807) is 18.2 Å². The van der Waals surface area contributed by atoms with Crippen LogP contribution in [-0.4, -0.2) is 21.8 Å². The summed E-state index contributed by atoms with van der Waals surface area (Å²) < 4.78 is 4.74. The molecule has 2 heterocycles. The van der Waals surface area contributed by atoms with Crippen LogP contribution in [0.4, 0.5) is 5.82 Å². The largest absolute Gasteiger partial charge is 0.508 e. The molecule has 5 nitrogen and oxygen atoms in total. The third kappa shape index (κ3) is 2.02. The molecule has 2 aromatic heterocycles. The van der Waals surface area contributed by atoms with E-state index in [4.69, 9.17) is 4.52 Å². The van der Waals surface area contributed by atoms with Crippen molar-refractivity contribution in [3.63, 3.8) is 0 Å². The van der Waals surface area contributed by atoms with Gasteiger partial charge in [-0.05, 0) is 30.2 Å². The van der Waals surface area contributed by atoms with Crippen molar-refractivity contribution in [1.82, 2.24) is 10.1 Å². The Morgan fingerprint density at radius 1 is 1.33 bits per heavy atom. The second-order valence-corrected chi connectivity index (χ2v) is 4.11. The Morgan fingerprint density at radius 2 is 2.28 bits per heavy atom. The minimum atomic E-state index is 0.285. The number of aromatic hydroxyl groups is 1. The number of hydrogen-bond donors (Lipinski definition) is 3. The van der Waals surface area contributed by atoms with E-state index in [0.29, 0.717) is 0 Å². The smallest absolute Gasteiger partial charge is 0.169 e. The Morgan fingerprint density at radius 3 is 3.11 bits per heavy atom. The Kier molecular flexibility index (Phi) is 2.64. The first-order valence-corrected chi connectivity index (χ1v) is 5.76. The van der Waals surface area contributed by atoms with Crippen molar-refractivity contribution in [3.05, 3.63) is 42.3 Å². The van der Waals surface area contributed by atoms with Crippen molar-refractivity contribution < 1.29 is 9.63 Å². The molecule has 0 aliphatic heterocycles. The van der Waals surface area contributed by atoms with Crippen LogP contribution >= 0.6 is 0 Å². The topological polar surface area (TPSA) is 74.1 Å². The molecule has 0 spiro atoms. The second kappa shape index (κ2) is 4.44. The van der Waals surface area contributed by atoms with Crippen LogP contribution in [0.3, 0.4) is 0 Å². The standard InChI is InChI=1S/C13H13N3O2/c17-10-1-2-12-11(7-10)9(8-15-12)3-5-14-13-4-6-18-16-13/h1-2,4,6-8,15,17H,3,5H2,(H,14,16). The van der Waals surface area contributed by atoms with E-state index in [9.17, 15) is 5.11 Å². The van der Waals surface area contributed by atoms with E-state index < -0.39 is 0 Å². The number of phenols is 1. The van der Waals surface area contributed by atoms with E-state index in [0.717, 1.165) is 35.2 Å². The summed E-state index contributed by atoms with van der Waals surface area (Å²) in [5, 5.41) is 17.5. The molecule has 0 saturated heterocycles. The van der Waals surface area contributed by atoms with Crippen LogP contribution in [0.2, 0.25) is 0 Å². The number of rotatable bonds is 4. The molecule has 0 atom stereocenters. The number of nitrogens with zero attached hydrogens (tertiary/aromatic N) is 1. The lowest BCUT2D eigenvalue weighted by molar-refractivity contribution is 0.422. The molecule has 0 fully saturated rings. The molecule has 0 amide bonds. The predicted molar refractivity (Wildman–Crippen MR) is 68.7 cm³/mol. The fourth-order valence-electron chi connectivity index (χ4n) is 2.00. The summed E-state index contributed by atoms with van der Waals surface area (Å²) in [4.78, 5) is 3.19. The summed E-state index contributed by atoms with van der Waals surface area (Å²) in [6.07, 6.45) is 4.34. The second-order valence-electron chi connectivity index (χ2n) is 4.11. The van der Waals surface area contributed by atoms with Gasteiger partial charge in [-0.1, -0.05) is 5.16 Å². The van der Waals surface area contributed by atoms with Crippen LogP contribution in [-0.2, 0) is 6.42 Å². The zero-order valence-electron chi connectivity index (χ0n) is 9.68. The molecule has 3 rings (SSSR count). The third-order valence-corrected chi connectivity index (χ3v) is 2.89. The highest BCUT2D eigenvalue weighted by Crippen LogP contribution is 2.23. The molecule has 0 radical (unpaired) electrons. The summed E-state index contributed by atoms with van der Waals surface area (Å²) in [6, 6.07) is 7.10. The van der Waals surface area contributed by atoms with Crippen LogP contribution in [0.5, 0.6) is 5.75 Å². The molecule has 0 saturated carbocycles. The van der Waals surface area contributed by atoms with Crippen molar-refractivity contribution in [1.29, 1.82) is 0 Å². The van der Waals surface area contributed by atoms with E-state index in [1.807, 2.05) is 12.3 Å². The van der Waals surface area contributed by atoms with E-state index in [1.165, 1.54) is 6.26 Å². The molecule has 3 aromatic rings. The van der Waals surface area contributed by atoms with Gasteiger partial charge in [0.2, 0.25) is 0 Å². The summed E-state index contributed by atoms with van der Waals surface area (Å²) in [6.45, 7) is 0.759. The van der Waals surface area contributed by atoms with Gasteiger partial charge in [0.25, 0.3) is 0 Å². The number of benzene rings is 1. The van der Waals surface area contributed by atoms with Gasteiger partial charge in [-0.2, -0.15) is 0 Å². The number of nitrogens with one attached hydrogen (secondary N) is 2. The molecule has 18 heavy (non-hydrogen) atoms. The van der Waals surface area contributed by atoms with Crippen molar-refractivity contribution in [2.24, 2.45) is 0 Å². The molecule has 0 aliphatic rings. The summed E-state index contributed by atoms with van der Waals surface area (Å²) in [7, 11) is 0. The number of aromatic amines is 1. The van der Waals surface area contributed by atoms with Crippen molar-refractivity contribution >= 4 is 16.7 Å². The first-order chi connectivity index (χ1) is 8.83. The molecule has 0 bridgehead atoms. The maximum absolute atomic E-state index is 9.50. The fourth-order valence-corrected chi connectivity index (χ4v) is 2.00. The van der Waals surface area contributed by atoms with Crippen LogP contribution in [0.15, 0.2) is 41.2 Å². The maximum Gasteiger partial charge on any atom is 0.169 e. The fraction of sp³-hybridized carbons (Fsp3) is 0.154. The molecule has 5 heteroatoms. The van der Waals surface area contributed by atoms with Gasteiger partial charge in [0.1, 0.15) is 12.0 Å². The van der Waals surface area contributed by atoms with Crippen LogP contribution < -0.4 is 5.32 Å². The minimum Gasteiger partial charge on any atom is -0.508 e. The van der Waals surface area contributed by atoms with Gasteiger partial charge in [-0.3, -0.25) is 0 Å². The van der Waals surface area contributed by atoms with Crippen LogP contribution in [0, 0.1) is 0 Å². The monoisotopic (exact) mass is 243 g/mol. The minimum absolute atomic E-state index is 0.285. The number of H-pyrrole nitrogens is 1. The van der Waals surface area contributed by atoms with Crippen molar-refractivity contribution in [3.8, 4) is 5.75 Å². The first-order valence-electron chi connectivity index (χ1n) is 5.76. The number of phenolic OH excluding ortho intramolecular Hbond substituents is 1. The highest BCUT2D eigenvalue weighted by molar-refractivity contribution is 5.84. The number of fused-ring (bicyclic) bond motifs is 1. The quantitative estimate of drug-likeness (QED) is 0.658. The Balaban J connectivity index is 1.72. The third-order valence-electron chi connectivity index (χ3n) is 2.89. The lowest BCUT2D eigenvalue weighted by atomic mass is 10.1. The average Bonchev–Trinajstić information content (AvgIpc) is 2.99. The molecule has 0 unspecified atom stereocenters. The molecule has 92 valence electrons. The molecule has 0 aliphatic carbocycles. The molecule has 3 N–H and O–H groups in total. The number of anilines is 1. The highest BCUT2D eigenvalue weighted by Gasteiger charge is 2.04. The highest BCUT2D eigenvalue weighted by atomic mass is 16.5. The van der Waals surface area contributed by atoms with Crippen molar-refractivity contribution in [2.45, 2.75) is 6.42 Å². The van der Waals surface area contributed by atoms with Crippen molar-refractivity contribution in [2.75, 3.05) is 11.9 Å². The first kappa shape index (κ1) is 10.7. The maximum atomic E-state index is 9.50. The summed E-state index contributed by atoms with van der Waals surface area (Å²) in [5.74, 6) is 1.02. The van der Waals surface area contributed by atoms with E-state index in [-0.39, 0.29) is 5.75 Å². The Hall–Kier alpha value is -2.43. The summed E-state index contributed by atoms with van der Waals surface area (Å²) in [5.41, 5.74) is 2.20. The normalized spacial score (nSPS) is 10.9. The van der Waals surface area contributed by atoms with Gasteiger partial charge >= 0.3 is 0 Å². The number of aromatic nitrogens is 2. The molecular weight excluding hydrogens is 230 g/mol. The van der Waals surface area contributed by atoms with Crippen LogP contribution in [0.1, 0.15) is 5.56 Å². The zero-order chi connectivity index (χ0) is 12.4. The van der Waals surface area contributed by atoms with Crippen LogP contribution in [0.25, 0.3) is 10.9 Å². The SMILES string of the molecule is Oc1ccc2[nH]cc(CCNc3ccon3)c2c1. The Bertz CT molecular complexity index is 643. The van der Waals surface area contributed by atoms with Gasteiger partial charge in [0.05, 0.1) is 0 Å². The van der Waals surface area contributed by atoms with Gasteiger partial charge < -0.3 is 19.9 Å². The number of hydrogen-bond acceptors (Lipinski definition) is 4. The van der Waals surface area contributed by atoms with Gasteiger partial charge in [0, 0.05) is 29.7 Å². The Labute approximate surface area is 103 Å². The van der Waals surface area contributed by atoms with Gasteiger partial charge in [-0.25, -0.2) is 0 Å². The lowest BCUT2D eigenvalue weighted by Gasteiger charge is -2.01. The molecule has 1 aromatic carbocycles. The van der Waals surface area contributed by atoms with E-state index in [2.05, 4.69) is 15.5 Å². The molecular formula is C13H13N3O2. The van der Waals surface area contributed by atoms with Gasteiger partial charge in [-0.15, -0.1) is 0 Å². The average molecular weight is 243 g/mol. The zero-order valence-corrected chi connectivity index (χ0v) is 9.68. The van der Waals surface area contributed by atoms with Gasteiger partial charge in [0.15, 0.2) is 5.82 Å².